The van der Waals surface area contributed by atoms with E-state index in [0.29, 0.717) is 16.6 Å². The predicted octanol–water partition coefficient (Wildman–Crippen LogP) is 5.37. The van der Waals surface area contributed by atoms with Crippen LogP contribution in [0.4, 0.5) is 0 Å². The van der Waals surface area contributed by atoms with Crippen molar-refractivity contribution in [2.75, 3.05) is 0 Å². The molecule has 0 saturated heterocycles. The van der Waals surface area contributed by atoms with Gasteiger partial charge in [-0.1, -0.05) is 63.4 Å². The number of rotatable bonds is 5. The molecule has 1 atom stereocenters. The first-order valence-electron chi connectivity index (χ1n) is 7.14. The molecule has 3 aromatic rings. The third kappa shape index (κ3) is 4.14. The van der Waals surface area contributed by atoms with E-state index >= 15 is 0 Å². The summed E-state index contributed by atoms with van der Waals surface area (Å²) in [7, 11) is 0. The lowest BCUT2D eigenvalue weighted by Gasteiger charge is -2.19. The summed E-state index contributed by atoms with van der Waals surface area (Å²) in [5.74, 6) is 0.167. The monoisotopic (exact) mass is 409 g/mol. The molecule has 1 heterocycles. The molecule has 0 spiro atoms. The van der Waals surface area contributed by atoms with Crippen molar-refractivity contribution in [2.45, 2.75) is 18.9 Å². The molecule has 0 N–H and O–H groups in total. The van der Waals surface area contributed by atoms with E-state index in [-0.39, 0.29) is 5.92 Å². The lowest BCUT2D eigenvalue weighted by molar-refractivity contribution is 0.511. The van der Waals surface area contributed by atoms with Crippen molar-refractivity contribution < 1.29 is 0 Å². The van der Waals surface area contributed by atoms with Gasteiger partial charge in [0.2, 0.25) is 0 Å². The Morgan fingerprint density at radius 1 is 1.13 bits per heavy atom. The molecule has 118 valence electrons. The van der Waals surface area contributed by atoms with E-state index in [0.717, 1.165) is 16.5 Å². The van der Waals surface area contributed by atoms with Crippen LogP contribution in [0.1, 0.15) is 17.0 Å². The topological polar surface area (TPSA) is 30.7 Å². The molecule has 0 aliphatic carbocycles. The van der Waals surface area contributed by atoms with Crippen LogP contribution in [-0.4, -0.2) is 14.8 Å². The average Bonchev–Trinajstić information content (AvgIpc) is 3.02. The number of aromatic nitrogens is 3. The van der Waals surface area contributed by atoms with Gasteiger partial charge in [-0.15, -0.1) is 0 Å². The van der Waals surface area contributed by atoms with Gasteiger partial charge in [-0.3, -0.25) is 4.68 Å². The average molecular weight is 411 g/mol. The molecular weight excluding hydrogens is 397 g/mol. The minimum absolute atomic E-state index is 0.167. The molecule has 2 aromatic carbocycles. The first-order chi connectivity index (χ1) is 11.1. The summed E-state index contributed by atoms with van der Waals surface area (Å²) in [6.45, 7) is 0.697. The maximum Gasteiger partial charge on any atom is 0.137 e. The van der Waals surface area contributed by atoms with Crippen molar-refractivity contribution in [3.05, 3.63) is 80.8 Å². The van der Waals surface area contributed by atoms with Gasteiger partial charge >= 0.3 is 0 Å². The van der Waals surface area contributed by atoms with Crippen LogP contribution >= 0.6 is 39.1 Å². The Kier molecular flexibility index (Phi) is 5.36. The zero-order valence-electron chi connectivity index (χ0n) is 12.2. The molecule has 0 bridgehead atoms. The number of halogens is 3. The predicted molar refractivity (Wildman–Crippen MR) is 97.1 cm³/mol. The van der Waals surface area contributed by atoms with Gasteiger partial charge < -0.3 is 0 Å². The molecular formula is C17H14BrCl2N3. The molecule has 0 radical (unpaired) electrons. The summed E-state index contributed by atoms with van der Waals surface area (Å²) < 4.78 is 2.92. The smallest absolute Gasteiger partial charge is 0.137 e. The summed E-state index contributed by atoms with van der Waals surface area (Å²) in [6.07, 6.45) is 4.10. The summed E-state index contributed by atoms with van der Waals surface area (Å²) in [5, 5.41) is 5.53. The molecule has 3 rings (SSSR count). The van der Waals surface area contributed by atoms with Crippen LogP contribution in [-0.2, 0) is 13.0 Å². The van der Waals surface area contributed by atoms with Gasteiger partial charge in [0, 0.05) is 27.0 Å². The molecule has 0 saturated carbocycles. The van der Waals surface area contributed by atoms with E-state index in [1.54, 1.807) is 18.7 Å². The quantitative estimate of drug-likeness (QED) is 0.565. The molecule has 0 aliphatic heterocycles. The number of hydrogen-bond acceptors (Lipinski definition) is 2. The molecule has 6 heteroatoms. The molecule has 0 aliphatic rings. The van der Waals surface area contributed by atoms with Crippen molar-refractivity contribution in [2.24, 2.45) is 0 Å². The summed E-state index contributed by atoms with van der Waals surface area (Å²) in [4.78, 5) is 4.02. The van der Waals surface area contributed by atoms with Crippen LogP contribution in [0.5, 0.6) is 0 Å². The van der Waals surface area contributed by atoms with Crippen LogP contribution in [0, 0.1) is 0 Å². The largest absolute Gasteiger partial charge is 0.252 e. The van der Waals surface area contributed by atoms with E-state index in [4.69, 9.17) is 23.2 Å². The second-order valence-electron chi connectivity index (χ2n) is 5.28. The molecule has 0 fully saturated rings. The van der Waals surface area contributed by atoms with E-state index in [1.807, 2.05) is 35.0 Å². The Morgan fingerprint density at radius 3 is 2.65 bits per heavy atom. The standard InChI is InChI=1S/C17H14BrCl2N3/c18-16-4-2-1-3-12(16)7-13(9-23-11-21-10-22-23)15-6-5-14(19)8-17(15)20/h1-6,8,10-11,13H,7,9H2. The lowest BCUT2D eigenvalue weighted by atomic mass is 9.92. The SMILES string of the molecule is Clc1ccc(C(Cc2ccccc2Br)Cn2cncn2)c(Cl)c1. The van der Waals surface area contributed by atoms with Gasteiger partial charge in [0.05, 0.1) is 0 Å². The lowest BCUT2D eigenvalue weighted by Crippen LogP contribution is -2.13. The molecule has 1 unspecified atom stereocenters. The fourth-order valence-corrected chi connectivity index (χ4v) is 3.60. The zero-order valence-corrected chi connectivity index (χ0v) is 15.3. The normalized spacial score (nSPS) is 12.3. The Bertz CT molecular complexity index is 790. The van der Waals surface area contributed by atoms with E-state index in [9.17, 15) is 0 Å². The van der Waals surface area contributed by atoms with Gasteiger partial charge in [0.1, 0.15) is 12.7 Å². The first kappa shape index (κ1) is 16.5. The van der Waals surface area contributed by atoms with Crippen LogP contribution in [0.15, 0.2) is 59.6 Å². The van der Waals surface area contributed by atoms with Gasteiger partial charge in [0.15, 0.2) is 0 Å². The maximum absolute atomic E-state index is 6.43. The number of hydrogen-bond donors (Lipinski definition) is 0. The van der Waals surface area contributed by atoms with Gasteiger partial charge in [-0.05, 0) is 35.7 Å². The van der Waals surface area contributed by atoms with Crippen LogP contribution < -0.4 is 0 Å². The molecule has 1 aromatic heterocycles. The minimum Gasteiger partial charge on any atom is -0.252 e. The second-order valence-corrected chi connectivity index (χ2v) is 6.97. The van der Waals surface area contributed by atoms with E-state index in [1.165, 1.54) is 5.56 Å². The van der Waals surface area contributed by atoms with E-state index in [2.05, 4.69) is 32.1 Å². The van der Waals surface area contributed by atoms with Crippen molar-refractivity contribution in [3.8, 4) is 0 Å². The number of nitrogens with zero attached hydrogens (tertiary/aromatic N) is 3. The summed E-state index contributed by atoms with van der Waals surface area (Å²) >= 11 is 16.1. The summed E-state index contributed by atoms with van der Waals surface area (Å²) in [6, 6.07) is 13.9. The Morgan fingerprint density at radius 2 is 1.96 bits per heavy atom. The fourth-order valence-electron chi connectivity index (χ4n) is 2.59. The van der Waals surface area contributed by atoms with Gasteiger partial charge in [-0.2, -0.15) is 5.10 Å². The second kappa shape index (κ2) is 7.47. The van der Waals surface area contributed by atoms with Gasteiger partial charge in [-0.25, -0.2) is 4.98 Å². The molecule has 3 nitrogen and oxygen atoms in total. The van der Waals surface area contributed by atoms with Crippen LogP contribution in [0.3, 0.4) is 0 Å². The third-order valence-corrected chi connectivity index (χ3v) is 5.04. The number of benzene rings is 2. The van der Waals surface area contributed by atoms with Crippen LogP contribution in [0.25, 0.3) is 0 Å². The van der Waals surface area contributed by atoms with Crippen molar-refractivity contribution >= 4 is 39.1 Å². The van der Waals surface area contributed by atoms with Crippen molar-refractivity contribution in [3.63, 3.8) is 0 Å². The molecule has 23 heavy (non-hydrogen) atoms. The Hall–Kier alpha value is -1.36. The highest BCUT2D eigenvalue weighted by atomic mass is 79.9. The Labute approximate surface area is 153 Å². The van der Waals surface area contributed by atoms with Crippen molar-refractivity contribution in [1.29, 1.82) is 0 Å². The zero-order chi connectivity index (χ0) is 16.2. The maximum atomic E-state index is 6.43. The Balaban J connectivity index is 1.94. The minimum atomic E-state index is 0.167. The molecule has 0 amide bonds. The van der Waals surface area contributed by atoms with E-state index < -0.39 is 0 Å². The van der Waals surface area contributed by atoms with Crippen molar-refractivity contribution in [1.82, 2.24) is 14.8 Å². The highest BCUT2D eigenvalue weighted by Gasteiger charge is 2.18. The highest BCUT2D eigenvalue weighted by Crippen LogP contribution is 2.32. The summed E-state index contributed by atoms with van der Waals surface area (Å²) in [5.41, 5.74) is 2.28. The third-order valence-electron chi connectivity index (χ3n) is 3.70. The highest BCUT2D eigenvalue weighted by molar-refractivity contribution is 9.10. The van der Waals surface area contributed by atoms with Gasteiger partial charge in [0.25, 0.3) is 0 Å². The van der Waals surface area contributed by atoms with Crippen LogP contribution in [0.2, 0.25) is 10.0 Å². The first-order valence-corrected chi connectivity index (χ1v) is 8.69. The fraction of sp³-hybridized carbons (Fsp3) is 0.176.